The number of nitrogens with one attached hydrogen (secondary N) is 1. The third-order valence-electron chi connectivity index (χ3n) is 4.12. The maximum atomic E-state index is 11.2. The van der Waals surface area contributed by atoms with Crippen LogP contribution in [0.2, 0.25) is 0 Å². The van der Waals surface area contributed by atoms with Gasteiger partial charge in [-0.15, -0.1) is 6.58 Å². The van der Waals surface area contributed by atoms with Crippen molar-refractivity contribution in [3.63, 3.8) is 0 Å². The van der Waals surface area contributed by atoms with Crippen molar-refractivity contribution in [2.75, 3.05) is 33.3 Å². The topological polar surface area (TPSA) is 87.9 Å². The number of ether oxygens (including phenoxy) is 1. The molecule has 126 valence electrons. The summed E-state index contributed by atoms with van der Waals surface area (Å²) in [6.45, 7) is 7.29. The molecule has 2 rings (SSSR count). The van der Waals surface area contributed by atoms with Crippen molar-refractivity contribution in [1.29, 1.82) is 0 Å². The molecule has 7 nitrogen and oxygen atoms in total. The van der Waals surface area contributed by atoms with Crippen LogP contribution in [0.25, 0.3) is 0 Å². The summed E-state index contributed by atoms with van der Waals surface area (Å²) in [4.78, 5) is 12.9. The van der Waals surface area contributed by atoms with Gasteiger partial charge in [-0.25, -0.2) is 0 Å². The molecule has 0 bridgehead atoms. The Morgan fingerprint density at radius 3 is 2.78 bits per heavy atom. The number of nitrogens with zero attached hydrogens (tertiary/aromatic N) is 2. The number of methoxy groups -OCH3 is 1. The zero-order valence-electron chi connectivity index (χ0n) is 13.3. The van der Waals surface area contributed by atoms with Crippen molar-refractivity contribution < 1.29 is 14.8 Å². The Labute approximate surface area is 135 Å². The number of piperazine rings is 1. The Kier molecular flexibility index (Phi) is 5.95. The van der Waals surface area contributed by atoms with Crippen LogP contribution in [-0.2, 0) is 0 Å². The van der Waals surface area contributed by atoms with E-state index in [1.807, 2.05) is 6.08 Å². The normalized spacial score (nSPS) is 16.7. The van der Waals surface area contributed by atoms with Gasteiger partial charge in [-0.1, -0.05) is 6.08 Å². The van der Waals surface area contributed by atoms with Gasteiger partial charge >= 0.3 is 5.69 Å². The zero-order valence-corrected chi connectivity index (χ0v) is 13.3. The van der Waals surface area contributed by atoms with Crippen LogP contribution in [0.5, 0.6) is 11.5 Å². The summed E-state index contributed by atoms with van der Waals surface area (Å²) in [5, 5.41) is 24.5. The number of nitro groups is 1. The highest BCUT2D eigenvalue weighted by Crippen LogP contribution is 2.40. The van der Waals surface area contributed by atoms with Gasteiger partial charge in [0.2, 0.25) is 5.75 Å². The molecule has 0 spiro atoms. The molecule has 1 aliphatic rings. The molecule has 0 amide bonds. The molecule has 23 heavy (non-hydrogen) atoms. The van der Waals surface area contributed by atoms with E-state index in [-0.39, 0.29) is 17.5 Å². The first kappa shape index (κ1) is 17.2. The lowest BCUT2D eigenvalue weighted by molar-refractivity contribution is -0.386. The van der Waals surface area contributed by atoms with E-state index in [0.717, 1.165) is 44.6 Å². The van der Waals surface area contributed by atoms with Gasteiger partial charge in [-0.3, -0.25) is 15.0 Å². The molecular formula is C16H23N3O4. The number of benzene rings is 1. The fourth-order valence-electron chi connectivity index (χ4n) is 2.93. The van der Waals surface area contributed by atoms with E-state index in [1.54, 1.807) is 6.07 Å². The second-order valence-electron chi connectivity index (χ2n) is 5.52. The highest BCUT2D eigenvalue weighted by atomic mass is 16.6. The summed E-state index contributed by atoms with van der Waals surface area (Å²) in [7, 11) is 1.39. The van der Waals surface area contributed by atoms with Crippen molar-refractivity contribution in [2.45, 2.75) is 18.9 Å². The number of aromatic hydroxyl groups is 1. The summed E-state index contributed by atoms with van der Waals surface area (Å²) >= 11 is 0. The van der Waals surface area contributed by atoms with Crippen LogP contribution in [0.3, 0.4) is 0 Å². The smallest absolute Gasteiger partial charge is 0.314 e. The van der Waals surface area contributed by atoms with Gasteiger partial charge in [0, 0.05) is 38.3 Å². The molecule has 0 aromatic heterocycles. The van der Waals surface area contributed by atoms with E-state index < -0.39 is 10.7 Å². The average Bonchev–Trinajstić information content (AvgIpc) is 2.57. The molecule has 0 unspecified atom stereocenters. The first-order valence-electron chi connectivity index (χ1n) is 7.69. The van der Waals surface area contributed by atoms with Crippen LogP contribution in [0.4, 0.5) is 5.69 Å². The predicted molar refractivity (Wildman–Crippen MR) is 87.9 cm³/mol. The van der Waals surface area contributed by atoms with Gasteiger partial charge in [0.1, 0.15) is 0 Å². The molecule has 2 N–H and O–H groups in total. The molecule has 1 aromatic carbocycles. The lowest BCUT2D eigenvalue weighted by Crippen LogP contribution is -2.45. The van der Waals surface area contributed by atoms with E-state index in [9.17, 15) is 15.2 Å². The highest BCUT2D eigenvalue weighted by Gasteiger charge is 2.27. The van der Waals surface area contributed by atoms with Crippen molar-refractivity contribution in [2.24, 2.45) is 0 Å². The summed E-state index contributed by atoms with van der Waals surface area (Å²) in [5.74, 6) is -0.294. The minimum atomic E-state index is -0.580. The SMILES string of the molecule is C=CCC[C@H](c1cc(OC)c(O)c([N+](=O)[O-])c1)N1CCNCC1. The molecule has 1 atom stereocenters. The van der Waals surface area contributed by atoms with Gasteiger partial charge < -0.3 is 15.2 Å². The van der Waals surface area contributed by atoms with E-state index in [4.69, 9.17) is 4.74 Å². The fraction of sp³-hybridized carbons (Fsp3) is 0.500. The number of hydrogen-bond acceptors (Lipinski definition) is 6. The standard InChI is InChI=1S/C16H23N3O4/c1-3-4-5-13(18-8-6-17-7-9-18)12-10-14(19(21)22)16(20)15(11-12)23-2/h3,10-11,13,17,20H,1,4-9H2,2H3/t13-/m1/s1. The Balaban J connectivity index is 2.41. The van der Waals surface area contributed by atoms with Gasteiger partial charge in [0.05, 0.1) is 12.0 Å². The molecule has 0 saturated carbocycles. The van der Waals surface area contributed by atoms with E-state index in [0.29, 0.717) is 0 Å². The number of phenols is 1. The Morgan fingerprint density at radius 1 is 1.52 bits per heavy atom. The zero-order chi connectivity index (χ0) is 16.8. The minimum Gasteiger partial charge on any atom is -0.500 e. The van der Waals surface area contributed by atoms with E-state index in [2.05, 4.69) is 16.8 Å². The Hall–Kier alpha value is -2.12. The predicted octanol–water partition coefficient (Wildman–Crippen LogP) is 2.22. The van der Waals surface area contributed by atoms with Crippen LogP contribution in [0.1, 0.15) is 24.4 Å². The van der Waals surface area contributed by atoms with Crippen LogP contribution in [-0.4, -0.2) is 48.2 Å². The van der Waals surface area contributed by atoms with Crippen molar-refractivity contribution in [3.05, 3.63) is 40.5 Å². The first-order chi connectivity index (χ1) is 11.1. The van der Waals surface area contributed by atoms with Gasteiger partial charge in [-0.05, 0) is 24.5 Å². The fourth-order valence-corrected chi connectivity index (χ4v) is 2.93. The third-order valence-corrected chi connectivity index (χ3v) is 4.12. The van der Waals surface area contributed by atoms with Crippen LogP contribution in [0, 0.1) is 10.1 Å². The number of nitro benzene ring substituents is 1. The monoisotopic (exact) mass is 321 g/mol. The summed E-state index contributed by atoms with van der Waals surface area (Å²) in [6.07, 6.45) is 3.47. The number of hydrogen-bond donors (Lipinski definition) is 2. The molecule has 1 aliphatic heterocycles. The number of allylic oxidation sites excluding steroid dienone is 1. The van der Waals surface area contributed by atoms with Gasteiger partial charge in [0.15, 0.2) is 5.75 Å². The molecule has 1 fully saturated rings. The van der Waals surface area contributed by atoms with Crippen molar-refractivity contribution in [3.8, 4) is 11.5 Å². The number of rotatable bonds is 7. The summed E-state index contributed by atoms with van der Waals surface area (Å²) < 4.78 is 5.11. The summed E-state index contributed by atoms with van der Waals surface area (Å²) in [6, 6.07) is 3.18. The van der Waals surface area contributed by atoms with E-state index in [1.165, 1.54) is 13.2 Å². The largest absolute Gasteiger partial charge is 0.500 e. The van der Waals surface area contributed by atoms with Gasteiger partial charge in [0.25, 0.3) is 0 Å². The maximum absolute atomic E-state index is 11.2. The molecule has 1 heterocycles. The molecular weight excluding hydrogens is 298 g/mol. The Bertz CT molecular complexity index is 571. The molecule has 0 radical (unpaired) electrons. The van der Waals surface area contributed by atoms with Crippen molar-refractivity contribution in [1.82, 2.24) is 10.2 Å². The lowest BCUT2D eigenvalue weighted by Gasteiger charge is -2.35. The quantitative estimate of drug-likeness (QED) is 0.455. The van der Waals surface area contributed by atoms with Crippen LogP contribution in [0.15, 0.2) is 24.8 Å². The van der Waals surface area contributed by atoms with Crippen LogP contribution < -0.4 is 10.1 Å². The number of phenolic OH excluding ortho intramolecular Hbond substituents is 1. The maximum Gasteiger partial charge on any atom is 0.314 e. The second-order valence-corrected chi connectivity index (χ2v) is 5.52. The molecule has 1 saturated heterocycles. The first-order valence-corrected chi connectivity index (χ1v) is 7.69. The molecule has 0 aliphatic carbocycles. The molecule has 1 aromatic rings. The third kappa shape index (κ3) is 4.00. The minimum absolute atomic E-state index is 0.0308. The van der Waals surface area contributed by atoms with E-state index >= 15 is 0 Å². The average molecular weight is 321 g/mol. The van der Waals surface area contributed by atoms with Crippen molar-refractivity contribution >= 4 is 5.69 Å². The highest BCUT2D eigenvalue weighted by molar-refractivity contribution is 5.57. The molecule has 7 heteroatoms. The second kappa shape index (κ2) is 7.94. The summed E-state index contributed by atoms with van der Waals surface area (Å²) in [5.41, 5.74) is 0.466. The lowest BCUT2D eigenvalue weighted by atomic mass is 9.98. The van der Waals surface area contributed by atoms with Crippen LogP contribution >= 0.6 is 0 Å². The van der Waals surface area contributed by atoms with Gasteiger partial charge in [-0.2, -0.15) is 0 Å². The Morgan fingerprint density at radius 2 is 2.22 bits per heavy atom.